The van der Waals surface area contributed by atoms with Crippen LogP contribution in [-0.4, -0.2) is 35.5 Å². The van der Waals surface area contributed by atoms with Gasteiger partial charge >= 0.3 is 10.1 Å². The molecule has 3 rings (SSSR count). The number of aldehydes is 1. The van der Waals surface area contributed by atoms with Gasteiger partial charge in [0.25, 0.3) is 0 Å². The zero-order valence-corrected chi connectivity index (χ0v) is 18.7. The van der Waals surface area contributed by atoms with Gasteiger partial charge in [-0.1, -0.05) is 36.4 Å². The summed E-state index contributed by atoms with van der Waals surface area (Å²) in [5.41, 5.74) is 1.69. The third-order valence-corrected chi connectivity index (χ3v) is 6.15. The maximum atomic E-state index is 12.3. The van der Waals surface area contributed by atoms with E-state index in [1.807, 2.05) is 12.1 Å². The molecule has 168 valence electrons. The van der Waals surface area contributed by atoms with Gasteiger partial charge in [-0.2, -0.15) is 8.42 Å². The van der Waals surface area contributed by atoms with Crippen molar-refractivity contribution in [3.63, 3.8) is 0 Å². The predicted molar refractivity (Wildman–Crippen MR) is 121 cm³/mol. The van der Waals surface area contributed by atoms with Crippen molar-refractivity contribution < 1.29 is 26.9 Å². The molecule has 8 heteroatoms. The first-order valence-electron chi connectivity index (χ1n) is 9.93. The average molecular weight is 456 g/mol. The molecule has 0 heterocycles. The zero-order valence-electron chi connectivity index (χ0n) is 17.9. The van der Waals surface area contributed by atoms with Crippen LogP contribution in [0, 0.1) is 0 Å². The molecule has 1 atom stereocenters. The van der Waals surface area contributed by atoms with Crippen LogP contribution in [-0.2, 0) is 21.5 Å². The highest BCUT2D eigenvalue weighted by molar-refractivity contribution is 7.87. The fourth-order valence-electron chi connectivity index (χ4n) is 3.14. The molecule has 3 aromatic rings. The molecular weight excluding hydrogens is 430 g/mol. The Balaban J connectivity index is 1.61. The van der Waals surface area contributed by atoms with Crippen molar-refractivity contribution in [3.8, 4) is 17.2 Å². The lowest BCUT2D eigenvalue weighted by Gasteiger charge is -2.15. The minimum Gasteiger partial charge on any atom is -0.497 e. The number of methoxy groups -OCH3 is 2. The molecule has 1 N–H and O–H groups in total. The van der Waals surface area contributed by atoms with Crippen LogP contribution in [0.25, 0.3) is 0 Å². The summed E-state index contributed by atoms with van der Waals surface area (Å²) in [6.07, 6.45) is 0.856. The Kier molecular flexibility index (Phi) is 7.86. The van der Waals surface area contributed by atoms with E-state index < -0.39 is 16.0 Å². The number of carbonyl (C=O) groups is 1. The summed E-state index contributed by atoms with van der Waals surface area (Å²) >= 11 is 0. The lowest BCUT2D eigenvalue weighted by molar-refractivity contribution is -0.109. The van der Waals surface area contributed by atoms with E-state index in [0.29, 0.717) is 24.6 Å². The normalized spacial score (nSPS) is 12.1. The van der Waals surface area contributed by atoms with Crippen molar-refractivity contribution in [2.75, 3.05) is 20.8 Å². The highest BCUT2D eigenvalue weighted by atomic mass is 32.2. The average Bonchev–Trinajstić information content (AvgIpc) is 2.83. The van der Waals surface area contributed by atoms with Crippen LogP contribution >= 0.6 is 0 Å². The first-order valence-corrected chi connectivity index (χ1v) is 11.3. The molecule has 0 saturated carbocycles. The number of rotatable bonds is 11. The van der Waals surface area contributed by atoms with E-state index in [2.05, 4.69) is 5.32 Å². The molecule has 0 radical (unpaired) electrons. The quantitative estimate of drug-likeness (QED) is 0.349. The van der Waals surface area contributed by atoms with E-state index in [1.165, 1.54) is 12.1 Å². The molecule has 0 aliphatic rings. The Hall–Kier alpha value is -3.36. The van der Waals surface area contributed by atoms with Crippen LogP contribution in [0.4, 0.5) is 0 Å². The summed E-state index contributed by atoms with van der Waals surface area (Å²) in [7, 11) is -0.728. The van der Waals surface area contributed by atoms with Crippen LogP contribution in [0.3, 0.4) is 0 Å². The predicted octanol–water partition coefficient (Wildman–Crippen LogP) is 3.54. The van der Waals surface area contributed by atoms with Gasteiger partial charge in [-0.25, -0.2) is 0 Å². The molecule has 32 heavy (non-hydrogen) atoms. The van der Waals surface area contributed by atoms with Gasteiger partial charge in [0.2, 0.25) is 0 Å². The van der Waals surface area contributed by atoms with Crippen molar-refractivity contribution in [2.45, 2.75) is 17.4 Å². The molecule has 0 aliphatic heterocycles. The number of hydrogen-bond acceptors (Lipinski definition) is 7. The molecule has 0 fully saturated rings. The second kappa shape index (κ2) is 10.8. The van der Waals surface area contributed by atoms with E-state index in [1.54, 1.807) is 62.8 Å². The van der Waals surface area contributed by atoms with Gasteiger partial charge in [0.1, 0.15) is 28.4 Å². The molecular formula is C24H25NO6S. The Morgan fingerprint density at radius 3 is 2.22 bits per heavy atom. The van der Waals surface area contributed by atoms with E-state index >= 15 is 0 Å². The van der Waals surface area contributed by atoms with Gasteiger partial charge in [-0.05, 0) is 35.9 Å². The largest absolute Gasteiger partial charge is 0.497 e. The van der Waals surface area contributed by atoms with Gasteiger partial charge < -0.3 is 23.8 Å². The van der Waals surface area contributed by atoms with E-state index in [0.717, 1.165) is 17.4 Å². The number of carbonyl (C=O) groups excluding carboxylic acids is 1. The Labute approximate surface area is 188 Å². The number of ether oxygens (including phenoxy) is 2. The maximum Gasteiger partial charge on any atom is 0.339 e. The van der Waals surface area contributed by atoms with Crippen LogP contribution in [0.1, 0.15) is 17.0 Å². The number of benzene rings is 3. The second-order valence-electron chi connectivity index (χ2n) is 6.97. The maximum absolute atomic E-state index is 12.3. The molecule has 7 nitrogen and oxygen atoms in total. The summed E-state index contributed by atoms with van der Waals surface area (Å²) in [5, 5.41) is 3.26. The lowest BCUT2D eigenvalue weighted by atomic mass is 10.0. The van der Waals surface area contributed by atoms with Crippen LogP contribution in [0.2, 0.25) is 0 Å². The topological polar surface area (TPSA) is 90.9 Å². The highest BCUT2D eigenvalue weighted by Crippen LogP contribution is 2.25. The number of hydrogen-bond donors (Lipinski definition) is 1. The van der Waals surface area contributed by atoms with Crippen molar-refractivity contribution in [3.05, 3.63) is 83.9 Å². The van der Waals surface area contributed by atoms with Crippen LogP contribution in [0.5, 0.6) is 17.2 Å². The zero-order chi connectivity index (χ0) is 23.0. The minimum atomic E-state index is -3.91. The molecule has 0 saturated heterocycles. The minimum absolute atomic E-state index is 0.0769. The van der Waals surface area contributed by atoms with Crippen LogP contribution in [0.15, 0.2) is 77.7 Å². The van der Waals surface area contributed by atoms with Crippen molar-refractivity contribution in [1.29, 1.82) is 0 Å². The van der Waals surface area contributed by atoms with Gasteiger partial charge in [-0.3, -0.25) is 0 Å². The Morgan fingerprint density at radius 1 is 0.906 bits per heavy atom. The van der Waals surface area contributed by atoms with Gasteiger partial charge in [0.05, 0.1) is 20.1 Å². The van der Waals surface area contributed by atoms with E-state index in [4.69, 9.17) is 13.7 Å². The SMILES string of the molecule is COc1ccc(CNCC(C=O)c2ccc(OS(=O)(=O)c3ccccc3)cc2)c(OC)c1. The monoisotopic (exact) mass is 455 g/mol. The van der Waals surface area contributed by atoms with Crippen molar-refractivity contribution >= 4 is 16.4 Å². The highest BCUT2D eigenvalue weighted by Gasteiger charge is 2.17. The lowest BCUT2D eigenvalue weighted by Crippen LogP contribution is -2.22. The second-order valence-corrected chi connectivity index (χ2v) is 8.52. The third kappa shape index (κ3) is 5.87. The Morgan fingerprint density at radius 2 is 1.59 bits per heavy atom. The van der Waals surface area contributed by atoms with E-state index in [9.17, 15) is 13.2 Å². The fraction of sp³-hybridized carbons (Fsp3) is 0.208. The van der Waals surface area contributed by atoms with Crippen molar-refractivity contribution in [2.24, 2.45) is 0 Å². The Bertz CT molecular complexity index is 1130. The smallest absolute Gasteiger partial charge is 0.339 e. The van der Waals surface area contributed by atoms with Gasteiger partial charge in [0.15, 0.2) is 0 Å². The summed E-state index contributed by atoms with van der Waals surface area (Å²) in [6, 6.07) is 19.9. The first-order chi connectivity index (χ1) is 15.5. The first kappa shape index (κ1) is 23.3. The molecule has 3 aromatic carbocycles. The molecule has 1 unspecified atom stereocenters. The summed E-state index contributed by atoms with van der Waals surface area (Å²) in [6.45, 7) is 0.912. The molecule has 0 bridgehead atoms. The number of nitrogens with one attached hydrogen (secondary N) is 1. The summed E-state index contributed by atoms with van der Waals surface area (Å²) in [5.74, 6) is 1.17. The van der Waals surface area contributed by atoms with E-state index in [-0.39, 0.29) is 10.6 Å². The standard InChI is InChI=1S/C24H25NO6S/c1-29-22-13-10-19(24(14-22)30-2)15-25-16-20(17-26)18-8-11-21(12-9-18)31-32(27,28)23-6-4-3-5-7-23/h3-14,17,20,25H,15-16H2,1-2H3. The third-order valence-electron chi connectivity index (χ3n) is 4.88. The molecule has 0 aromatic heterocycles. The molecule has 0 spiro atoms. The molecule has 0 amide bonds. The fourth-order valence-corrected chi connectivity index (χ4v) is 4.09. The molecule has 0 aliphatic carbocycles. The van der Waals surface area contributed by atoms with Gasteiger partial charge in [0, 0.05) is 24.7 Å². The summed E-state index contributed by atoms with van der Waals surface area (Å²) in [4.78, 5) is 11.7. The van der Waals surface area contributed by atoms with Crippen molar-refractivity contribution in [1.82, 2.24) is 5.32 Å². The van der Waals surface area contributed by atoms with Gasteiger partial charge in [-0.15, -0.1) is 0 Å². The van der Waals surface area contributed by atoms with Crippen LogP contribution < -0.4 is 19.0 Å². The summed E-state index contributed by atoms with van der Waals surface area (Å²) < 4.78 is 40.4.